The molecule has 0 aromatic heterocycles. The molecule has 5 heteroatoms. The first-order valence-electron chi connectivity index (χ1n) is 6.68. The fourth-order valence-electron chi connectivity index (χ4n) is 2.23. The molecule has 20 heavy (non-hydrogen) atoms. The molecule has 0 aliphatic carbocycles. The van der Waals surface area contributed by atoms with Gasteiger partial charge < -0.3 is 10.6 Å². The van der Waals surface area contributed by atoms with Gasteiger partial charge in [0.05, 0.1) is 0 Å². The molecule has 2 rings (SSSR count). The van der Waals surface area contributed by atoms with Crippen LogP contribution in [0.25, 0.3) is 6.08 Å². The summed E-state index contributed by atoms with van der Waals surface area (Å²) in [4.78, 5) is 0. The second-order valence-electron chi connectivity index (χ2n) is 4.81. The molecule has 0 bridgehead atoms. The molecule has 1 aliphatic rings. The Morgan fingerprint density at radius 3 is 2.45 bits per heavy atom. The van der Waals surface area contributed by atoms with Crippen LogP contribution in [0, 0.1) is 5.92 Å². The van der Waals surface area contributed by atoms with Gasteiger partial charge in [0.15, 0.2) is 0 Å². The molecule has 0 amide bonds. The highest BCUT2D eigenvalue weighted by molar-refractivity contribution is 6.30. The highest BCUT2D eigenvalue weighted by Gasteiger charge is 2.11. The lowest BCUT2D eigenvalue weighted by Gasteiger charge is -2.22. The second kappa shape index (κ2) is 11.4. The Morgan fingerprint density at radius 2 is 1.80 bits per heavy atom. The maximum Gasteiger partial charge on any atom is 0.0406 e. The lowest BCUT2D eigenvalue weighted by molar-refractivity contribution is 0.361. The molecule has 1 aromatic carbocycles. The fraction of sp³-hybridized carbons (Fsp3) is 0.467. The van der Waals surface area contributed by atoms with Crippen molar-refractivity contribution in [3.63, 3.8) is 0 Å². The first-order chi connectivity index (χ1) is 8.84. The lowest BCUT2D eigenvalue weighted by atomic mass is 9.98. The van der Waals surface area contributed by atoms with E-state index >= 15 is 0 Å². The van der Waals surface area contributed by atoms with E-state index in [4.69, 9.17) is 11.6 Å². The van der Waals surface area contributed by atoms with E-state index in [1.165, 1.54) is 31.5 Å². The summed E-state index contributed by atoms with van der Waals surface area (Å²) in [7, 11) is 0. The van der Waals surface area contributed by atoms with E-state index in [0.717, 1.165) is 24.0 Å². The molecule has 0 saturated carbocycles. The molecule has 2 nitrogen and oxygen atoms in total. The molecule has 1 aliphatic heterocycles. The number of piperidine rings is 1. The van der Waals surface area contributed by atoms with Crippen LogP contribution in [0.2, 0.25) is 5.02 Å². The van der Waals surface area contributed by atoms with Crippen molar-refractivity contribution in [3.05, 3.63) is 40.9 Å². The molecule has 0 unspecified atom stereocenters. The van der Waals surface area contributed by atoms with E-state index in [1.807, 2.05) is 24.3 Å². The predicted octanol–water partition coefficient (Wildman–Crippen LogP) is 3.79. The van der Waals surface area contributed by atoms with Crippen molar-refractivity contribution in [1.29, 1.82) is 0 Å². The first kappa shape index (κ1) is 19.8. The second-order valence-corrected chi connectivity index (χ2v) is 5.24. The third kappa shape index (κ3) is 7.51. The van der Waals surface area contributed by atoms with Gasteiger partial charge in [0.1, 0.15) is 0 Å². The van der Waals surface area contributed by atoms with E-state index in [2.05, 4.69) is 22.8 Å². The average molecular weight is 338 g/mol. The maximum atomic E-state index is 5.84. The van der Waals surface area contributed by atoms with E-state index in [0.29, 0.717) is 0 Å². The van der Waals surface area contributed by atoms with Gasteiger partial charge >= 0.3 is 0 Å². The van der Waals surface area contributed by atoms with E-state index < -0.39 is 0 Å². The zero-order valence-corrected chi connectivity index (χ0v) is 13.9. The third-order valence-corrected chi connectivity index (χ3v) is 3.59. The SMILES string of the molecule is Cl.Cl.Clc1ccc(/C=C/CNCC2CCNCC2)cc1. The van der Waals surface area contributed by atoms with Crippen molar-refractivity contribution in [1.82, 2.24) is 10.6 Å². The molecule has 1 fully saturated rings. The number of hydrogen-bond donors (Lipinski definition) is 2. The summed E-state index contributed by atoms with van der Waals surface area (Å²) >= 11 is 5.84. The Hall–Kier alpha value is -0.250. The van der Waals surface area contributed by atoms with Gasteiger partial charge in [0.25, 0.3) is 0 Å². The number of benzene rings is 1. The van der Waals surface area contributed by atoms with Crippen molar-refractivity contribution < 1.29 is 0 Å². The predicted molar refractivity (Wildman–Crippen MR) is 93.4 cm³/mol. The fourth-order valence-corrected chi connectivity index (χ4v) is 2.35. The van der Waals surface area contributed by atoms with Gasteiger partial charge in [-0.15, -0.1) is 24.8 Å². The van der Waals surface area contributed by atoms with Crippen molar-refractivity contribution in [2.75, 3.05) is 26.2 Å². The highest BCUT2D eigenvalue weighted by atomic mass is 35.5. The van der Waals surface area contributed by atoms with Gasteiger partial charge in [0, 0.05) is 11.6 Å². The average Bonchev–Trinajstić information content (AvgIpc) is 2.42. The maximum absolute atomic E-state index is 5.84. The van der Waals surface area contributed by atoms with Gasteiger partial charge in [0.2, 0.25) is 0 Å². The van der Waals surface area contributed by atoms with Gasteiger partial charge in [-0.3, -0.25) is 0 Å². The number of hydrogen-bond acceptors (Lipinski definition) is 2. The van der Waals surface area contributed by atoms with Crippen LogP contribution in [0.4, 0.5) is 0 Å². The summed E-state index contributed by atoms with van der Waals surface area (Å²) in [6.07, 6.45) is 6.90. The monoisotopic (exact) mass is 336 g/mol. The van der Waals surface area contributed by atoms with E-state index in [9.17, 15) is 0 Å². The Morgan fingerprint density at radius 1 is 1.15 bits per heavy atom. The summed E-state index contributed by atoms with van der Waals surface area (Å²) in [5, 5.41) is 7.67. The van der Waals surface area contributed by atoms with Crippen LogP contribution in [0.3, 0.4) is 0 Å². The quantitative estimate of drug-likeness (QED) is 0.799. The topological polar surface area (TPSA) is 24.1 Å². The molecule has 1 heterocycles. The Kier molecular flexibility index (Phi) is 11.3. The normalized spacial score (nSPS) is 15.7. The number of nitrogens with one attached hydrogen (secondary N) is 2. The summed E-state index contributed by atoms with van der Waals surface area (Å²) in [6.45, 7) is 4.42. The van der Waals surface area contributed by atoms with Gasteiger partial charge in [-0.2, -0.15) is 0 Å². The summed E-state index contributed by atoms with van der Waals surface area (Å²) in [5.41, 5.74) is 1.20. The van der Waals surface area contributed by atoms with Gasteiger partial charge in [-0.25, -0.2) is 0 Å². The molecular formula is C15H23Cl3N2. The standard InChI is InChI=1S/C15H21ClN2.2ClH/c16-15-5-3-13(4-6-15)2-1-9-18-12-14-7-10-17-11-8-14;;/h1-6,14,17-18H,7-12H2;2*1H/b2-1+;;. The van der Waals surface area contributed by atoms with E-state index in [1.54, 1.807) is 0 Å². The molecule has 0 radical (unpaired) electrons. The van der Waals surface area contributed by atoms with Crippen LogP contribution in [-0.4, -0.2) is 26.2 Å². The molecule has 1 aromatic rings. The summed E-state index contributed by atoms with van der Waals surface area (Å²) in [6, 6.07) is 7.91. The first-order valence-corrected chi connectivity index (χ1v) is 7.06. The summed E-state index contributed by atoms with van der Waals surface area (Å²) in [5.74, 6) is 0.843. The number of rotatable bonds is 5. The minimum absolute atomic E-state index is 0. The lowest BCUT2D eigenvalue weighted by Crippen LogP contribution is -2.33. The van der Waals surface area contributed by atoms with Crippen LogP contribution >= 0.6 is 36.4 Å². The van der Waals surface area contributed by atoms with Crippen molar-refractivity contribution in [2.45, 2.75) is 12.8 Å². The molecule has 2 N–H and O–H groups in total. The number of halogens is 3. The Balaban J connectivity index is 0.00000180. The van der Waals surface area contributed by atoms with Gasteiger partial charge in [-0.1, -0.05) is 35.9 Å². The zero-order chi connectivity index (χ0) is 12.6. The Bertz CT molecular complexity index is 373. The van der Waals surface area contributed by atoms with E-state index in [-0.39, 0.29) is 24.8 Å². The van der Waals surface area contributed by atoms with Crippen LogP contribution in [0.15, 0.2) is 30.3 Å². The molecule has 1 saturated heterocycles. The minimum atomic E-state index is 0. The molecule has 0 atom stereocenters. The smallest absolute Gasteiger partial charge is 0.0406 e. The highest BCUT2D eigenvalue weighted by Crippen LogP contribution is 2.11. The van der Waals surface area contributed by atoms with Crippen molar-refractivity contribution in [2.24, 2.45) is 5.92 Å². The molecular weight excluding hydrogens is 315 g/mol. The van der Waals surface area contributed by atoms with Gasteiger partial charge in [-0.05, 0) is 56.1 Å². The largest absolute Gasteiger partial charge is 0.317 e. The van der Waals surface area contributed by atoms with Crippen molar-refractivity contribution in [3.8, 4) is 0 Å². The minimum Gasteiger partial charge on any atom is -0.317 e. The van der Waals surface area contributed by atoms with Crippen molar-refractivity contribution >= 4 is 42.5 Å². The zero-order valence-electron chi connectivity index (χ0n) is 11.5. The Labute approximate surface area is 139 Å². The third-order valence-electron chi connectivity index (χ3n) is 3.33. The van der Waals surface area contributed by atoms with Crippen LogP contribution in [0.5, 0.6) is 0 Å². The van der Waals surface area contributed by atoms with Crippen LogP contribution in [0.1, 0.15) is 18.4 Å². The molecule has 114 valence electrons. The van der Waals surface area contributed by atoms with Crippen LogP contribution in [-0.2, 0) is 0 Å². The van der Waals surface area contributed by atoms with Crippen LogP contribution < -0.4 is 10.6 Å². The summed E-state index contributed by atoms with van der Waals surface area (Å²) < 4.78 is 0. The molecule has 0 spiro atoms.